The third-order valence-corrected chi connectivity index (χ3v) is 4.93. The normalized spacial score (nSPS) is 26.3. The molecule has 3 heteroatoms. The molecule has 1 heterocycles. The number of amides is 1. The third kappa shape index (κ3) is 2.51. The molecule has 3 rings (SSSR count). The van der Waals surface area contributed by atoms with Gasteiger partial charge in [-0.25, -0.2) is 0 Å². The van der Waals surface area contributed by atoms with Crippen molar-refractivity contribution in [3.63, 3.8) is 0 Å². The Labute approximate surface area is 119 Å². The number of fused-ring (bicyclic) bond motifs is 1. The monoisotopic (exact) mass is 277 g/mol. The largest absolute Gasteiger partial charge is 0.335 e. The minimum Gasteiger partial charge on any atom is -0.335 e. The van der Waals surface area contributed by atoms with E-state index in [0.717, 1.165) is 23.6 Å². The van der Waals surface area contributed by atoms with Crippen molar-refractivity contribution >= 4 is 17.5 Å². The number of likely N-dealkylation sites (tertiary alicyclic amines) is 1. The topological polar surface area (TPSA) is 20.3 Å². The Morgan fingerprint density at radius 3 is 2.63 bits per heavy atom. The lowest BCUT2D eigenvalue weighted by Gasteiger charge is -2.31. The number of nitrogens with zero attached hydrogens (tertiary/aromatic N) is 1. The van der Waals surface area contributed by atoms with Crippen molar-refractivity contribution in [1.29, 1.82) is 0 Å². The summed E-state index contributed by atoms with van der Waals surface area (Å²) in [7, 11) is 0. The smallest absolute Gasteiger partial charge is 0.254 e. The van der Waals surface area contributed by atoms with E-state index in [1.165, 1.54) is 32.1 Å². The fourth-order valence-corrected chi connectivity index (χ4v) is 3.74. The zero-order chi connectivity index (χ0) is 13.2. The zero-order valence-electron chi connectivity index (χ0n) is 11.1. The van der Waals surface area contributed by atoms with Gasteiger partial charge in [0, 0.05) is 24.0 Å². The maximum absolute atomic E-state index is 12.6. The Morgan fingerprint density at radius 2 is 1.89 bits per heavy atom. The fourth-order valence-electron chi connectivity index (χ4n) is 3.56. The first-order valence-electron chi connectivity index (χ1n) is 7.25. The summed E-state index contributed by atoms with van der Waals surface area (Å²) in [6.45, 7) is 0.936. The van der Waals surface area contributed by atoms with Gasteiger partial charge in [0.25, 0.3) is 5.91 Å². The second kappa shape index (κ2) is 5.54. The van der Waals surface area contributed by atoms with Crippen LogP contribution in [-0.4, -0.2) is 23.4 Å². The molecule has 102 valence electrons. The van der Waals surface area contributed by atoms with E-state index in [0.29, 0.717) is 11.9 Å². The standard InChI is InChI=1S/C16H20ClNO/c17-11-12-5-7-14(8-6-12)16(19)18-10-9-13-3-1-2-4-15(13)18/h5-8,13,15H,1-4,9-11H2. The van der Waals surface area contributed by atoms with Crippen LogP contribution in [0.5, 0.6) is 0 Å². The molecule has 0 aromatic heterocycles. The molecule has 0 bridgehead atoms. The molecule has 2 fully saturated rings. The van der Waals surface area contributed by atoms with Crippen LogP contribution in [0.2, 0.25) is 0 Å². The fraction of sp³-hybridized carbons (Fsp3) is 0.562. The minimum absolute atomic E-state index is 0.204. The molecule has 2 unspecified atom stereocenters. The predicted molar refractivity (Wildman–Crippen MR) is 77.4 cm³/mol. The summed E-state index contributed by atoms with van der Waals surface area (Å²) in [4.78, 5) is 14.7. The van der Waals surface area contributed by atoms with E-state index in [4.69, 9.17) is 11.6 Å². The van der Waals surface area contributed by atoms with Crippen LogP contribution in [0.15, 0.2) is 24.3 Å². The Balaban J connectivity index is 1.75. The van der Waals surface area contributed by atoms with E-state index in [9.17, 15) is 4.79 Å². The summed E-state index contributed by atoms with van der Waals surface area (Å²) in [6.07, 6.45) is 6.30. The number of rotatable bonds is 2. The van der Waals surface area contributed by atoms with E-state index in [1.54, 1.807) is 0 Å². The summed E-state index contributed by atoms with van der Waals surface area (Å²) in [5.41, 5.74) is 1.87. The number of hydrogen-bond donors (Lipinski definition) is 0. The van der Waals surface area contributed by atoms with Gasteiger partial charge in [-0.2, -0.15) is 0 Å². The van der Waals surface area contributed by atoms with Crippen molar-refractivity contribution in [2.45, 2.75) is 44.0 Å². The van der Waals surface area contributed by atoms with Gasteiger partial charge in [0.15, 0.2) is 0 Å². The van der Waals surface area contributed by atoms with Crippen LogP contribution in [0.1, 0.15) is 48.0 Å². The highest BCUT2D eigenvalue weighted by Crippen LogP contribution is 2.36. The summed E-state index contributed by atoms with van der Waals surface area (Å²) in [6, 6.07) is 8.23. The molecule has 2 aliphatic rings. The zero-order valence-corrected chi connectivity index (χ0v) is 11.9. The third-order valence-electron chi connectivity index (χ3n) is 4.63. The van der Waals surface area contributed by atoms with Gasteiger partial charge in [0.2, 0.25) is 0 Å². The van der Waals surface area contributed by atoms with E-state index >= 15 is 0 Å². The molecule has 1 aliphatic heterocycles. The number of hydrogen-bond acceptors (Lipinski definition) is 1. The SMILES string of the molecule is O=C(c1ccc(CCl)cc1)N1CCC2CCCCC21. The Kier molecular flexibility index (Phi) is 3.79. The lowest BCUT2D eigenvalue weighted by molar-refractivity contribution is 0.0690. The predicted octanol–water partition coefficient (Wildman–Crippen LogP) is 3.83. The molecule has 0 spiro atoms. The van der Waals surface area contributed by atoms with Crippen LogP contribution in [0.25, 0.3) is 0 Å². The van der Waals surface area contributed by atoms with Crippen LogP contribution in [0, 0.1) is 5.92 Å². The van der Waals surface area contributed by atoms with Crippen molar-refractivity contribution < 1.29 is 4.79 Å². The minimum atomic E-state index is 0.204. The number of alkyl halides is 1. The van der Waals surface area contributed by atoms with Crippen LogP contribution < -0.4 is 0 Å². The van der Waals surface area contributed by atoms with Crippen molar-refractivity contribution in [2.75, 3.05) is 6.54 Å². The maximum atomic E-state index is 12.6. The quantitative estimate of drug-likeness (QED) is 0.753. The average molecular weight is 278 g/mol. The average Bonchev–Trinajstić information content (AvgIpc) is 2.90. The van der Waals surface area contributed by atoms with Crippen molar-refractivity contribution in [3.8, 4) is 0 Å². The molecule has 2 atom stereocenters. The van der Waals surface area contributed by atoms with E-state index in [2.05, 4.69) is 4.90 Å². The first-order valence-corrected chi connectivity index (χ1v) is 7.79. The summed E-state index contributed by atoms with van der Waals surface area (Å²) in [5.74, 6) is 1.46. The van der Waals surface area contributed by atoms with Crippen LogP contribution in [0.4, 0.5) is 0 Å². The van der Waals surface area contributed by atoms with Gasteiger partial charge in [-0.05, 0) is 42.9 Å². The lowest BCUT2D eigenvalue weighted by atomic mass is 9.85. The molecule has 1 saturated heterocycles. The highest BCUT2D eigenvalue weighted by Gasteiger charge is 2.38. The Hall–Kier alpha value is -1.02. The van der Waals surface area contributed by atoms with Gasteiger partial charge in [-0.15, -0.1) is 11.6 Å². The second-order valence-corrected chi connectivity index (χ2v) is 6.00. The molecule has 19 heavy (non-hydrogen) atoms. The second-order valence-electron chi connectivity index (χ2n) is 5.73. The first-order chi connectivity index (χ1) is 9.29. The van der Waals surface area contributed by atoms with Gasteiger partial charge in [-0.1, -0.05) is 25.0 Å². The Bertz CT molecular complexity index is 456. The molecular formula is C16H20ClNO. The lowest BCUT2D eigenvalue weighted by Crippen LogP contribution is -2.39. The molecule has 0 radical (unpaired) electrons. The maximum Gasteiger partial charge on any atom is 0.254 e. The number of carbonyl (C=O) groups excluding carboxylic acids is 1. The van der Waals surface area contributed by atoms with Gasteiger partial charge < -0.3 is 4.90 Å². The van der Waals surface area contributed by atoms with Gasteiger partial charge >= 0.3 is 0 Å². The molecule has 1 aromatic rings. The van der Waals surface area contributed by atoms with Crippen molar-refractivity contribution in [1.82, 2.24) is 4.90 Å². The Morgan fingerprint density at radius 1 is 1.16 bits per heavy atom. The van der Waals surface area contributed by atoms with Gasteiger partial charge in [-0.3, -0.25) is 4.79 Å². The first kappa shape index (κ1) is 13.0. The van der Waals surface area contributed by atoms with Crippen LogP contribution in [-0.2, 0) is 5.88 Å². The van der Waals surface area contributed by atoms with Gasteiger partial charge in [0.05, 0.1) is 0 Å². The molecule has 2 nitrogen and oxygen atoms in total. The van der Waals surface area contributed by atoms with E-state index < -0.39 is 0 Å². The molecule has 1 amide bonds. The number of benzene rings is 1. The molecular weight excluding hydrogens is 258 g/mol. The van der Waals surface area contributed by atoms with E-state index in [-0.39, 0.29) is 5.91 Å². The summed E-state index contributed by atoms with van der Waals surface area (Å²) < 4.78 is 0. The summed E-state index contributed by atoms with van der Waals surface area (Å²) in [5, 5.41) is 0. The molecule has 1 saturated carbocycles. The summed E-state index contributed by atoms with van der Waals surface area (Å²) >= 11 is 5.78. The highest BCUT2D eigenvalue weighted by molar-refractivity contribution is 6.17. The highest BCUT2D eigenvalue weighted by atomic mass is 35.5. The van der Waals surface area contributed by atoms with Crippen molar-refractivity contribution in [3.05, 3.63) is 35.4 Å². The number of carbonyl (C=O) groups is 1. The number of halogens is 1. The molecule has 0 N–H and O–H groups in total. The molecule has 1 aromatic carbocycles. The van der Waals surface area contributed by atoms with Gasteiger partial charge in [0.1, 0.15) is 0 Å². The van der Waals surface area contributed by atoms with Crippen LogP contribution in [0.3, 0.4) is 0 Å². The van der Waals surface area contributed by atoms with Crippen LogP contribution >= 0.6 is 11.6 Å². The van der Waals surface area contributed by atoms with Crippen molar-refractivity contribution in [2.24, 2.45) is 5.92 Å². The van der Waals surface area contributed by atoms with E-state index in [1.807, 2.05) is 24.3 Å². The molecule has 1 aliphatic carbocycles.